The average molecular weight is 360 g/mol. The minimum absolute atomic E-state index is 0.138. The van der Waals surface area contributed by atoms with Gasteiger partial charge in [-0.1, -0.05) is 13.8 Å². The first-order chi connectivity index (χ1) is 10.8. The molecule has 0 aromatic rings. The Morgan fingerprint density at radius 3 is 2.17 bits per heavy atom. The SMILES string of the molecule is CC.COCCOC1OC(COP(C)(=O)OC)C(O)C(O)C1O. The van der Waals surface area contributed by atoms with E-state index in [9.17, 15) is 19.9 Å². The van der Waals surface area contributed by atoms with Gasteiger partial charge in [-0.05, 0) is 0 Å². The second-order valence-corrected chi connectivity index (χ2v) is 6.79. The fourth-order valence-electron chi connectivity index (χ4n) is 1.70. The van der Waals surface area contributed by atoms with Gasteiger partial charge in [0, 0.05) is 20.9 Å². The number of hydrogen-bond acceptors (Lipinski definition) is 9. The lowest BCUT2D eigenvalue weighted by Gasteiger charge is -2.40. The van der Waals surface area contributed by atoms with Gasteiger partial charge in [-0.15, -0.1) is 0 Å². The summed E-state index contributed by atoms with van der Waals surface area (Å²) in [6.45, 7) is 5.40. The van der Waals surface area contributed by atoms with Crippen molar-refractivity contribution in [1.82, 2.24) is 0 Å². The monoisotopic (exact) mass is 360 g/mol. The largest absolute Gasteiger partial charge is 0.387 e. The predicted molar refractivity (Wildman–Crippen MR) is 82.3 cm³/mol. The van der Waals surface area contributed by atoms with E-state index in [0.717, 1.165) is 0 Å². The first-order valence-corrected chi connectivity index (χ1v) is 9.39. The Kier molecular flexibility index (Phi) is 11.4. The van der Waals surface area contributed by atoms with Gasteiger partial charge in [-0.25, -0.2) is 0 Å². The molecular weight excluding hydrogens is 331 g/mol. The summed E-state index contributed by atoms with van der Waals surface area (Å²) >= 11 is 0. The molecule has 0 saturated carbocycles. The molecule has 0 aliphatic carbocycles. The van der Waals surface area contributed by atoms with E-state index < -0.39 is 38.3 Å². The van der Waals surface area contributed by atoms with E-state index in [-0.39, 0.29) is 19.8 Å². The lowest BCUT2D eigenvalue weighted by Crippen LogP contribution is -2.59. The molecule has 0 aromatic carbocycles. The van der Waals surface area contributed by atoms with Gasteiger partial charge in [0.25, 0.3) is 0 Å². The summed E-state index contributed by atoms with van der Waals surface area (Å²) in [4.78, 5) is 0. The number of methoxy groups -OCH3 is 1. The van der Waals surface area contributed by atoms with E-state index in [1.807, 2.05) is 13.8 Å². The van der Waals surface area contributed by atoms with Gasteiger partial charge in [-0.2, -0.15) is 0 Å². The summed E-state index contributed by atoms with van der Waals surface area (Å²) in [5.41, 5.74) is 0. The van der Waals surface area contributed by atoms with Gasteiger partial charge in [0.1, 0.15) is 24.4 Å². The second kappa shape index (κ2) is 11.5. The van der Waals surface area contributed by atoms with Crippen LogP contribution in [0.4, 0.5) is 0 Å². The van der Waals surface area contributed by atoms with E-state index in [1.54, 1.807) is 0 Å². The maximum absolute atomic E-state index is 11.6. The number of aliphatic hydroxyl groups is 3. The van der Waals surface area contributed by atoms with Crippen LogP contribution in [0.3, 0.4) is 0 Å². The van der Waals surface area contributed by atoms with E-state index in [4.69, 9.17) is 18.7 Å². The van der Waals surface area contributed by atoms with Crippen molar-refractivity contribution in [1.29, 1.82) is 0 Å². The van der Waals surface area contributed by atoms with Crippen LogP contribution in [0.1, 0.15) is 13.8 Å². The van der Waals surface area contributed by atoms with Gasteiger partial charge in [0.2, 0.25) is 0 Å². The van der Waals surface area contributed by atoms with Crippen LogP contribution in [0.15, 0.2) is 0 Å². The first-order valence-electron chi connectivity index (χ1n) is 7.40. The van der Waals surface area contributed by atoms with Gasteiger partial charge in [-0.3, -0.25) is 4.57 Å². The smallest absolute Gasteiger partial charge is 0.327 e. The molecule has 0 aromatic heterocycles. The fourth-order valence-corrected chi connectivity index (χ4v) is 2.22. The zero-order valence-electron chi connectivity index (χ0n) is 14.2. The van der Waals surface area contributed by atoms with E-state index in [1.165, 1.54) is 20.9 Å². The molecule has 140 valence electrons. The lowest BCUT2D eigenvalue weighted by molar-refractivity contribution is -0.301. The summed E-state index contributed by atoms with van der Waals surface area (Å²) in [6.07, 6.45) is -6.45. The van der Waals surface area contributed by atoms with Crippen LogP contribution in [0, 0.1) is 0 Å². The Balaban J connectivity index is 0.00000232. The zero-order chi connectivity index (χ0) is 18.0. The molecule has 1 fully saturated rings. The van der Waals surface area contributed by atoms with E-state index in [0.29, 0.717) is 0 Å². The molecule has 1 heterocycles. The van der Waals surface area contributed by atoms with Crippen LogP contribution in [0.25, 0.3) is 0 Å². The Labute approximate surface area is 137 Å². The molecule has 23 heavy (non-hydrogen) atoms. The maximum Gasteiger partial charge on any atom is 0.327 e. The zero-order valence-corrected chi connectivity index (χ0v) is 15.1. The van der Waals surface area contributed by atoms with Gasteiger partial charge < -0.3 is 38.6 Å². The minimum atomic E-state index is -3.24. The van der Waals surface area contributed by atoms with Crippen molar-refractivity contribution in [2.24, 2.45) is 0 Å². The molecular formula is C13H29O9P. The Morgan fingerprint density at radius 2 is 1.65 bits per heavy atom. The molecule has 1 rings (SSSR count). The molecule has 1 saturated heterocycles. The van der Waals surface area contributed by atoms with Crippen molar-refractivity contribution >= 4 is 7.60 Å². The summed E-state index contributed by atoms with van der Waals surface area (Å²) in [6, 6.07) is 0. The Morgan fingerprint density at radius 1 is 1.04 bits per heavy atom. The maximum atomic E-state index is 11.6. The summed E-state index contributed by atoms with van der Waals surface area (Å²) in [7, 11) is -0.527. The third-order valence-electron chi connectivity index (χ3n) is 3.04. The lowest BCUT2D eigenvalue weighted by atomic mass is 9.99. The third kappa shape index (κ3) is 7.55. The summed E-state index contributed by atoms with van der Waals surface area (Å²) in [5, 5.41) is 29.4. The standard InChI is InChI=1S/C11H23O9P.C2H6/c1-16-4-5-18-11-10(14)9(13)8(12)7(20-11)6-19-21(3,15)17-2;1-2/h7-14H,4-6H2,1-3H3;1-2H3. The first kappa shape index (κ1) is 22.9. The molecule has 10 heteroatoms. The quantitative estimate of drug-likeness (QED) is 0.404. The highest BCUT2D eigenvalue weighted by Gasteiger charge is 2.44. The van der Waals surface area contributed by atoms with Crippen LogP contribution in [0.2, 0.25) is 0 Å². The normalized spacial score (nSPS) is 33.5. The third-order valence-corrected chi connectivity index (χ3v) is 4.32. The number of hydrogen-bond donors (Lipinski definition) is 3. The summed E-state index contributed by atoms with van der Waals surface area (Å²) < 4.78 is 36.6. The average Bonchev–Trinajstić information content (AvgIpc) is 2.56. The van der Waals surface area contributed by atoms with Crippen LogP contribution in [0.5, 0.6) is 0 Å². The highest BCUT2D eigenvalue weighted by Crippen LogP contribution is 2.43. The number of aliphatic hydroxyl groups excluding tert-OH is 3. The van der Waals surface area contributed by atoms with Crippen molar-refractivity contribution in [3.63, 3.8) is 0 Å². The molecule has 9 nitrogen and oxygen atoms in total. The highest BCUT2D eigenvalue weighted by atomic mass is 31.2. The van der Waals surface area contributed by atoms with Gasteiger partial charge >= 0.3 is 7.60 Å². The molecule has 1 aliphatic heterocycles. The molecule has 0 bridgehead atoms. The van der Waals surface area contributed by atoms with Crippen LogP contribution in [-0.4, -0.2) is 86.7 Å². The van der Waals surface area contributed by atoms with Crippen molar-refractivity contribution in [2.45, 2.75) is 44.6 Å². The van der Waals surface area contributed by atoms with E-state index >= 15 is 0 Å². The van der Waals surface area contributed by atoms with E-state index in [2.05, 4.69) is 4.52 Å². The van der Waals surface area contributed by atoms with Crippen molar-refractivity contribution in [3.8, 4) is 0 Å². The minimum Gasteiger partial charge on any atom is -0.387 e. The van der Waals surface area contributed by atoms with Crippen molar-refractivity contribution < 1.29 is 43.1 Å². The molecule has 6 unspecified atom stereocenters. The Hall–Kier alpha value is -0.0900. The molecule has 3 N–H and O–H groups in total. The van der Waals surface area contributed by atoms with Crippen LogP contribution in [-0.2, 0) is 27.8 Å². The van der Waals surface area contributed by atoms with Crippen LogP contribution < -0.4 is 0 Å². The van der Waals surface area contributed by atoms with Crippen molar-refractivity contribution in [2.75, 3.05) is 40.7 Å². The summed E-state index contributed by atoms with van der Waals surface area (Å²) in [5.74, 6) is 0. The van der Waals surface area contributed by atoms with Gasteiger partial charge in [0.05, 0.1) is 19.8 Å². The molecule has 6 atom stereocenters. The predicted octanol–water partition coefficient (Wildman–Crippen LogP) is -0.0309. The Bertz CT molecular complexity index is 354. The molecule has 0 radical (unpaired) electrons. The number of rotatable bonds is 8. The molecule has 0 amide bonds. The van der Waals surface area contributed by atoms with Gasteiger partial charge in [0.15, 0.2) is 6.29 Å². The second-order valence-electron chi connectivity index (χ2n) is 4.63. The molecule has 0 spiro atoms. The highest BCUT2D eigenvalue weighted by molar-refractivity contribution is 7.52. The van der Waals surface area contributed by atoms with Crippen LogP contribution >= 0.6 is 7.60 Å². The number of ether oxygens (including phenoxy) is 3. The fraction of sp³-hybridized carbons (Fsp3) is 1.00. The molecule has 1 aliphatic rings. The topological polar surface area (TPSA) is 124 Å². The van der Waals surface area contributed by atoms with Crippen molar-refractivity contribution in [3.05, 3.63) is 0 Å².